The number of nitrogens with one attached hydrogen (secondary N) is 2. The second-order valence-electron chi connectivity index (χ2n) is 9.18. The average molecular weight is 515 g/mol. The predicted molar refractivity (Wildman–Crippen MR) is 150 cm³/mol. The highest BCUT2D eigenvalue weighted by Crippen LogP contribution is 2.33. The number of benzene rings is 2. The Hall–Kier alpha value is -4.17. The van der Waals surface area contributed by atoms with Gasteiger partial charge in [-0.1, -0.05) is 67.6 Å². The van der Waals surface area contributed by atoms with Gasteiger partial charge < -0.3 is 24.7 Å². The Labute approximate surface area is 223 Å². The molecule has 8 nitrogen and oxygen atoms in total. The molecule has 8 heteroatoms. The van der Waals surface area contributed by atoms with Crippen LogP contribution in [-0.2, 0) is 27.2 Å². The first-order chi connectivity index (χ1) is 18.5. The highest BCUT2D eigenvalue weighted by atomic mass is 16.5. The largest absolute Gasteiger partial charge is 0.464 e. The second-order valence-corrected chi connectivity index (χ2v) is 9.18. The van der Waals surface area contributed by atoms with E-state index in [2.05, 4.69) is 34.7 Å². The van der Waals surface area contributed by atoms with Gasteiger partial charge in [-0.25, -0.2) is 9.78 Å². The van der Waals surface area contributed by atoms with E-state index < -0.39 is 5.97 Å². The summed E-state index contributed by atoms with van der Waals surface area (Å²) in [5.74, 6) is -0.466. The zero-order chi connectivity index (χ0) is 26.9. The van der Waals surface area contributed by atoms with Crippen LogP contribution in [0.25, 0.3) is 11.0 Å². The number of hydrogen-bond acceptors (Lipinski definition) is 6. The molecule has 198 valence electrons. The lowest BCUT2D eigenvalue weighted by atomic mass is 10.0. The summed E-state index contributed by atoms with van der Waals surface area (Å²) in [6.45, 7) is 3.60. The molecule has 4 rings (SSSR count). The van der Waals surface area contributed by atoms with Crippen molar-refractivity contribution in [1.29, 1.82) is 0 Å². The lowest BCUT2D eigenvalue weighted by Gasteiger charge is -2.14. The molecule has 2 aromatic carbocycles. The van der Waals surface area contributed by atoms with Crippen LogP contribution in [0.3, 0.4) is 0 Å². The van der Waals surface area contributed by atoms with Gasteiger partial charge in [0.15, 0.2) is 5.69 Å². The topological polar surface area (TPSA) is 94.5 Å². The SMILES string of the molecule is COCCn1c(C(=O)OC)c(NC(=O)CCc2ccccc2)c2cc(NCC(C)c3ccccc3)cnc21. The van der Waals surface area contributed by atoms with Crippen LogP contribution in [0, 0.1) is 0 Å². The summed E-state index contributed by atoms with van der Waals surface area (Å²) in [4.78, 5) is 30.6. The number of fused-ring (bicyclic) bond motifs is 1. The number of nitrogens with zero attached hydrogens (tertiary/aromatic N) is 2. The molecule has 1 unspecified atom stereocenters. The van der Waals surface area contributed by atoms with E-state index in [0.29, 0.717) is 42.8 Å². The van der Waals surface area contributed by atoms with Gasteiger partial charge in [0.05, 0.1) is 31.3 Å². The van der Waals surface area contributed by atoms with Crippen molar-refractivity contribution >= 4 is 34.3 Å². The monoisotopic (exact) mass is 514 g/mol. The second kappa shape index (κ2) is 12.9. The van der Waals surface area contributed by atoms with Gasteiger partial charge in [-0.2, -0.15) is 0 Å². The molecule has 0 radical (unpaired) electrons. The van der Waals surface area contributed by atoms with Crippen molar-refractivity contribution < 1.29 is 19.1 Å². The Morgan fingerprint density at radius 2 is 1.74 bits per heavy atom. The summed E-state index contributed by atoms with van der Waals surface area (Å²) in [6, 6.07) is 22.0. The van der Waals surface area contributed by atoms with E-state index in [9.17, 15) is 9.59 Å². The molecule has 0 spiro atoms. The van der Waals surface area contributed by atoms with E-state index in [0.717, 1.165) is 11.3 Å². The van der Waals surface area contributed by atoms with Crippen LogP contribution in [0.15, 0.2) is 72.9 Å². The standard InChI is InChI=1S/C30H34N4O4/c1-21(23-12-8-5-9-13-23)19-31-24-18-25-27(33-26(35)15-14-22-10-6-4-7-11-22)28(30(36)38-3)34(16-17-37-2)29(25)32-20-24/h4-13,18,20-21,31H,14-17,19H2,1-3H3,(H,33,35). The minimum atomic E-state index is -0.551. The molecule has 0 aliphatic carbocycles. The zero-order valence-electron chi connectivity index (χ0n) is 22.1. The first kappa shape index (κ1) is 26.9. The maximum absolute atomic E-state index is 13.0. The van der Waals surface area contributed by atoms with Gasteiger partial charge in [-0.15, -0.1) is 0 Å². The number of ether oxygens (including phenoxy) is 2. The minimum Gasteiger partial charge on any atom is -0.464 e. The Balaban J connectivity index is 1.65. The molecule has 2 N–H and O–H groups in total. The Kier molecular flexibility index (Phi) is 9.11. The minimum absolute atomic E-state index is 0.194. The molecule has 0 fully saturated rings. The van der Waals surface area contributed by atoms with Crippen molar-refractivity contribution in [1.82, 2.24) is 9.55 Å². The summed E-state index contributed by atoms with van der Waals surface area (Å²) >= 11 is 0. The van der Waals surface area contributed by atoms with Crippen molar-refractivity contribution in [2.45, 2.75) is 32.2 Å². The third kappa shape index (κ3) is 6.39. The Bertz CT molecular complexity index is 1370. The number of rotatable bonds is 12. The maximum Gasteiger partial charge on any atom is 0.356 e. The number of pyridine rings is 1. The third-order valence-corrected chi connectivity index (χ3v) is 6.53. The molecule has 2 heterocycles. The van der Waals surface area contributed by atoms with E-state index in [4.69, 9.17) is 9.47 Å². The van der Waals surface area contributed by atoms with Crippen molar-refractivity contribution in [3.8, 4) is 0 Å². The molecule has 0 aliphatic heterocycles. The Morgan fingerprint density at radius 1 is 1.03 bits per heavy atom. The van der Waals surface area contributed by atoms with Crippen LogP contribution in [-0.4, -0.2) is 48.8 Å². The van der Waals surface area contributed by atoms with Crippen molar-refractivity contribution in [2.75, 3.05) is 38.0 Å². The number of esters is 1. The first-order valence-electron chi connectivity index (χ1n) is 12.7. The van der Waals surface area contributed by atoms with Gasteiger partial charge in [0.2, 0.25) is 5.91 Å². The maximum atomic E-state index is 13.0. The fourth-order valence-electron chi connectivity index (χ4n) is 4.43. The van der Waals surface area contributed by atoms with E-state index in [1.54, 1.807) is 17.9 Å². The number of aromatic nitrogens is 2. The van der Waals surface area contributed by atoms with Gasteiger partial charge >= 0.3 is 5.97 Å². The third-order valence-electron chi connectivity index (χ3n) is 6.53. The van der Waals surface area contributed by atoms with Crippen molar-refractivity contribution in [3.63, 3.8) is 0 Å². The van der Waals surface area contributed by atoms with Crippen LogP contribution in [0.2, 0.25) is 0 Å². The molecule has 38 heavy (non-hydrogen) atoms. The highest BCUT2D eigenvalue weighted by Gasteiger charge is 2.26. The number of carbonyl (C=O) groups is 2. The number of carbonyl (C=O) groups excluding carboxylic acids is 2. The highest BCUT2D eigenvalue weighted by molar-refractivity contribution is 6.11. The molecule has 0 bridgehead atoms. The molecule has 0 saturated heterocycles. The van der Waals surface area contributed by atoms with Gasteiger partial charge in [-0.3, -0.25) is 4.79 Å². The van der Waals surface area contributed by atoms with Crippen LogP contribution in [0.4, 0.5) is 11.4 Å². The lowest BCUT2D eigenvalue weighted by molar-refractivity contribution is -0.116. The van der Waals surface area contributed by atoms with E-state index in [-0.39, 0.29) is 23.9 Å². The summed E-state index contributed by atoms with van der Waals surface area (Å²) in [5.41, 5.74) is 4.31. The molecular weight excluding hydrogens is 480 g/mol. The van der Waals surface area contributed by atoms with Crippen LogP contribution < -0.4 is 10.6 Å². The zero-order valence-corrected chi connectivity index (χ0v) is 22.1. The van der Waals surface area contributed by atoms with Crippen molar-refractivity contribution in [3.05, 3.63) is 89.7 Å². The molecule has 0 aliphatic rings. The molecule has 1 amide bonds. The lowest BCUT2D eigenvalue weighted by Crippen LogP contribution is -2.18. The normalized spacial score (nSPS) is 11.8. The number of aryl methyl sites for hydroxylation is 1. The summed E-state index contributed by atoms with van der Waals surface area (Å²) in [7, 11) is 2.92. The fourth-order valence-corrected chi connectivity index (χ4v) is 4.43. The molecule has 1 atom stereocenters. The predicted octanol–water partition coefficient (Wildman–Crippen LogP) is 5.26. The number of anilines is 2. The Morgan fingerprint density at radius 3 is 2.42 bits per heavy atom. The van der Waals surface area contributed by atoms with Gasteiger partial charge in [0.25, 0.3) is 0 Å². The summed E-state index contributed by atoms with van der Waals surface area (Å²) in [5, 5.41) is 7.10. The number of methoxy groups -OCH3 is 2. The molecule has 4 aromatic rings. The molecular formula is C30H34N4O4. The molecule has 2 aromatic heterocycles. The first-order valence-corrected chi connectivity index (χ1v) is 12.7. The number of hydrogen-bond donors (Lipinski definition) is 2. The average Bonchev–Trinajstić information content (AvgIpc) is 3.26. The van der Waals surface area contributed by atoms with E-state index in [1.165, 1.54) is 12.7 Å². The van der Waals surface area contributed by atoms with Crippen LogP contribution in [0.1, 0.15) is 40.9 Å². The summed E-state index contributed by atoms with van der Waals surface area (Å²) < 4.78 is 12.1. The smallest absolute Gasteiger partial charge is 0.356 e. The van der Waals surface area contributed by atoms with Crippen LogP contribution in [0.5, 0.6) is 0 Å². The van der Waals surface area contributed by atoms with E-state index >= 15 is 0 Å². The van der Waals surface area contributed by atoms with Crippen molar-refractivity contribution in [2.24, 2.45) is 0 Å². The van der Waals surface area contributed by atoms with E-state index in [1.807, 2.05) is 54.6 Å². The molecule has 0 saturated carbocycles. The summed E-state index contributed by atoms with van der Waals surface area (Å²) in [6.07, 6.45) is 2.60. The quantitative estimate of drug-likeness (QED) is 0.251. The van der Waals surface area contributed by atoms with Gasteiger partial charge in [0, 0.05) is 32.0 Å². The van der Waals surface area contributed by atoms with Gasteiger partial charge in [0.1, 0.15) is 5.65 Å². The van der Waals surface area contributed by atoms with Gasteiger partial charge in [-0.05, 0) is 29.5 Å². The fraction of sp³-hybridized carbons (Fsp3) is 0.300. The number of amides is 1. The van der Waals surface area contributed by atoms with Crippen LogP contribution >= 0.6 is 0 Å².